The molecule has 0 bridgehead atoms. The van der Waals surface area contributed by atoms with Crippen molar-refractivity contribution >= 4 is 27.3 Å². The van der Waals surface area contributed by atoms with Gasteiger partial charge < -0.3 is 5.32 Å². The topological polar surface area (TPSA) is 118 Å². The number of nitrogens with one attached hydrogen (secondary N) is 2. The van der Waals surface area contributed by atoms with E-state index in [0.29, 0.717) is 5.69 Å². The second kappa shape index (κ2) is 7.20. The molecule has 9 heteroatoms. The summed E-state index contributed by atoms with van der Waals surface area (Å²) in [4.78, 5) is 21.8. The number of sulfonamides is 1. The lowest BCUT2D eigenvalue weighted by atomic mass is 10.3. The zero-order valence-electron chi connectivity index (χ0n) is 12.7. The van der Waals surface area contributed by atoms with Crippen molar-refractivity contribution in [3.8, 4) is 0 Å². The highest BCUT2D eigenvalue weighted by Gasteiger charge is 2.28. The van der Waals surface area contributed by atoms with E-state index in [9.17, 15) is 23.3 Å². The Hall–Kier alpha value is -2.78. The molecule has 0 saturated heterocycles. The van der Waals surface area contributed by atoms with Crippen molar-refractivity contribution in [2.24, 2.45) is 0 Å². The van der Waals surface area contributed by atoms with Crippen LogP contribution in [0.1, 0.15) is 6.92 Å². The highest BCUT2D eigenvalue weighted by atomic mass is 32.2. The smallest absolute Gasteiger partial charge is 0.289 e. The van der Waals surface area contributed by atoms with Gasteiger partial charge in [-0.2, -0.15) is 4.72 Å². The van der Waals surface area contributed by atoms with E-state index in [2.05, 4.69) is 10.0 Å². The van der Waals surface area contributed by atoms with Gasteiger partial charge in [0.2, 0.25) is 15.9 Å². The van der Waals surface area contributed by atoms with Gasteiger partial charge in [0.15, 0.2) is 4.90 Å². The number of benzene rings is 2. The minimum Gasteiger partial charge on any atom is -0.325 e. The first-order chi connectivity index (χ1) is 11.3. The van der Waals surface area contributed by atoms with Gasteiger partial charge in [0, 0.05) is 11.8 Å². The number of rotatable bonds is 6. The van der Waals surface area contributed by atoms with Crippen LogP contribution >= 0.6 is 0 Å². The van der Waals surface area contributed by atoms with E-state index in [0.717, 1.165) is 12.1 Å². The van der Waals surface area contributed by atoms with Gasteiger partial charge in [0.1, 0.15) is 0 Å². The third kappa shape index (κ3) is 4.15. The summed E-state index contributed by atoms with van der Waals surface area (Å²) in [5.74, 6) is -0.580. The molecule has 0 spiro atoms. The number of hydrogen-bond acceptors (Lipinski definition) is 5. The molecule has 2 aromatic rings. The van der Waals surface area contributed by atoms with Crippen molar-refractivity contribution in [1.29, 1.82) is 0 Å². The summed E-state index contributed by atoms with van der Waals surface area (Å²) in [7, 11) is -4.22. The van der Waals surface area contributed by atoms with Crippen molar-refractivity contribution in [3.63, 3.8) is 0 Å². The van der Waals surface area contributed by atoms with Gasteiger partial charge >= 0.3 is 0 Å². The number of carbonyl (C=O) groups is 1. The molecule has 2 N–H and O–H groups in total. The third-order valence-electron chi connectivity index (χ3n) is 3.12. The Morgan fingerprint density at radius 3 is 2.29 bits per heavy atom. The number of amides is 1. The van der Waals surface area contributed by atoms with Crippen molar-refractivity contribution in [2.75, 3.05) is 5.32 Å². The van der Waals surface area contributed by atoms with Gasteiger partial charge in [0.25, 0.3) is 5.69 Å². The Balaban J connectivity index is 2.17. The van der Waals surface area contributed by atoms with Crippen LogP contribution in [-0.4, -0.2) is 25.3 Å². The predicted octanol–water partition coefficient (Wildman–Crippen LogP) is 1.90. The van der Waals surface area contributed by atoms with Gasteiger partial charge in [-0.05, 0) is 25.1 Å². The van der Waals surface area contributed by atoms with E-state index in [4.69, 9.17) is 0 Å². The van der Waals surface area contributed by atoms with E-state index in [-0.39, 0.29) is 0 Å². The first-order valence-electron chi connectivity index (χ1n) is 6.93. The molecular formula is C15H15N3O5S. The summed E-state index contributed by atoms with van der Waals surface area (Å²) in [6, 6.07) is 12.3. The van der Waals surface area contributed by atoms with Gasteiger partial charge in [-0.1, -0.05) is 30.3 Å². The van der Waals surface area contributed by atoms with Crippen LogP contribution in [0.25, 0.3) is 0 Å². The van der Waals surface area contributed by atoms with Crippen LogP contribution in [0.5, 0.6) is 0 Å². The SMILES string of the molecule is CC(NS(=O)(=O)c1ccccc1[N+](=O)[O-])C(=O)Nc1ccccc1. The Kier molecular flexibility index (Phi) is 5.27. The summed E-state index contributed by atoms with van der Waals surface area (Å²) in [5, 5.41) is 13.5. The highest BCUT2D eigenvalue weighted by molar-refractivity contribution is 7.89. The number of anilines is 1. The fourth-order valence-electron chi connectivity index (χ4n) is 1.96. The molecule has 24 heavy (non-hydrogen) atoms. The number of nitro benzene ring substituents is 1. The molecule has 0 fully saturated rings. The predicted molar refractivity (Wildman–Crippen MR) is 88.0 cm³/mol. The Morgan fingerprint density at radius 1 is 1.08 bits per heavy atom. The van der Waals surface area contributed by atoms with Crippen LogP contribution in [0.3, 0.4) is 0 Å². The van der Waals surface area contributed by atoms with Crippen LogP contribution in [0.15, 0.2) is 59.5 Å². The highest BCUT2D eigenvalue weighted by Crippen LogP contribution is 2.22. The second-order valence-corrected chi connectivity index (χ2v) is 6.61. The molecular weight excluding hydrogens is 334 g/mol. The molecule has 8 nitrogen and oxygen atoms in total. The lowest BCUT2D eigenvalue weighted by Gasteiger charge is -2.14. The molecule has 0 heterocycles. The van der Waals surface area contributed by atoms with E-state index in [1.54, 1.807) is 30.3 Å². The summed E-state index contributed by atoms with van der Waals surface area (Å²) in [6.45, 7) is 1.35. The number of carbonyl (C=O) groups excluding carboxylic acids is 1. The van der Waals surface area contributed by atoms with E-state index in [1.807, 2.05) is 0 Å². The van der Waals surface area contributed by atoms with Crippen molar-refractivity contribution in [3.05, 3.63) is 64.7 Å². The largest absolute Gasteiger partial charge is 0.325 e. The molecule has 0 aliphatic heterocycles. The maximum absolute atomic E-state index is 12.3. The molecule has 0 saturated carbocycles. The Bertz CT molecular complexity index is 852. The normalized spacial score (nSPS) is 12.4. The van der Waals surface area contributed by atoms with Crippen molar-refractivity contribution in [1.82, 2.24) is 4.72 Å². The molecule has 2 aromatic carbocycles. The Labute approximate surface area is 138 Å². The zero-order valence-corrected chi connectivity index (χ0v) is 13.5. The quantitative estimate of drug-likeness (QED) is 0.610. The molecule has 1 amide bonds. The van der Waals surface area contributed by atoms with Crippen LogP contribution < -0.4 is 10.0 Å². The molecule has 126 valence electrons. The maximum atomic E-state index is 12.3. The number of para-hydroxylation sites is 2. The number of nitrogens with zero attached hydrogens (tertiary/aromatic N) is 1. The van der Waals surface area contributed by atoms with Crippen LogP contribution in [-0.2, 0) is 14.8 Å². The monoisotopic (exact) mass is 349 g/mol. The molecule has 0 aliphatic rings. The van der Waals surface area contributed by atoms with Gasteiger partial charge in [-0.15, -0.1) is 0 Å². The number of hydrogen-bond donors (Lipinski definition) is 2. The van der Waals surface area contributed by atoms with Crippen molar-refractivity contribution in [2.45, 2.75) is 17.9 Å². The molecule has 2 rings (SSSR count). The van der Waals surface area contributed by atoms with Crippen molar-refractivity contribution < 1.29 is 18.1 Å². The van der Waals surface area contributed by atoms with E-state index >= 15 is 0 Å². The lowest BCUT2D eigenvalue weighted by Crippen LogP contribution is -2.41. The van der Waals surface area contributed by atoms with Crippen LogP contribution in [0.4, 0.5) is 11.4 Å². The molecule has 0 aromatic heterocycles. The average molecular weight is 349 g/mol. The first-order valence-corrected chi connectivity index (χ1v) is 8.41. The first kappa shape index (κ1) is 17.6. The van der Waals surface area contributed by atoms with E-state index < -0.39 is 37.5 Å². The summed E-state index contributed by atoms with van der Waals surface area (Å²) in [6.07, 6.45) is 0. The van der Waals surface area contributed by atoms with Crippen LogP contribution in [0, 0.1) is 10.1 Å². The average Bonchev–Trinajstić information content (AvgIpc) is 2.55. The second-order valence-electron chi connectivity index (χ2n) is 4.92. The lowest BCUT2D eigenvalue weighted by molar-refractivity contribution is -0.387. The third-order valence-corrected chi connectivity index (χ3v) is 4.71. The fourth-order valence-corrected chi connectivity index (χ4v) is 3.33. The maximum Gasteiger partial charge on any atom is 0.289 e. The zero-order chi connectivity index (χ0) is 17.7. The van der Waals surface area contributed by atoms with E-state index in [1.165, 1.54) is 19.1 Å². The molecule has 0 aliphatic carbocycles. The minimum atomic E-state index is -4.22. The Morgan fingerprint density at radius 2 is 1.67 bits per heavy atom. The fraction of sp³-hybridized carbons (Fsp3) is 0.133. The summed E-state index contributed by atoms with van der Waals surface area (Å²) in [5.41, 5.74) is -0.0418. The molecule has 1 atom stereocenters. The van der Waals surface area contributed by atoms with Crippen LogP contribution in [0.2, 0.25) is 0 Å². The molecule has 0 radical (unpaired) electrons. The molecule has 1 unspecified atom stereocenters. The standard InChI is InChI=1S/C15H15N3O5S/c1-11(15(19)16-12-7-3-2-4-8-12)17-24(22,23)14-10-6-5-9-13(14)18(20)21/h2-11,17H,1H3,(H,16,19). The summed E-state index contributed by atoms with van der Waals surface area (Å²) < 4.78 is 26.8. The van der Waals surface area contributed by atoms with Gasteiger partial charge in [0.05, 0.1) is 11.0 Å². The number of nitro groups is 1. The van der Waals surface area contributed by atoms with Gasteiger partial charge in [-0.3, -0.25) is 14.9 Å². The van der Waals surface area contributed by atoms with Gasteiger partial charge in [-0.25, -0.2) is 8.42 Å². The summed E-state index contributed by atoms with van der Waals surface area (Å²) >= 11 is 0. The minimum absolute atomic E-state index is 0.491.